The first kappa shape index (κ1) is 16.9. The molecule has 0 aliphatic carbocycles. The van der Waals surface area contributed by atoms with E-state index in [0.29, 0.717) is 5.56 Å². The zero-order valence-electron chi connectivity index (χ0n) is 12.8. The van der Waals surface area contributed by atoms with Crippen LogP contribution in [-0.4, -0.2) is 18.6 Å². The minimum atomic E-state index is -3.72. The van der Waals surface area contributed by atoms with E-state index in [0.717, 1.165) is 14.3 Å². The minimum absolute atomic E-state index is 0.128. The maximum absolute atomic E-state index is 12.5. The molecule has 2 aromatic rings. The predicted molar refractivity (Wildman–Crippen MR) is 96.6 cm³/mol. The number of hydrogen-bond donors (Lipinski definition) is 0. The summed E-state index contributed by atoms with van der Waals surface area (Å²) in [6, 6.07) is 16.5. The van der Waals surface area contributed by atoms with Crippen molar-refractivity contribution in [1.82, 2.24) is 4.31 Å². The number of nitrogens with zero attached hydrogens (tertiary/aromatic N) is 1. The number of sulfonamides is 1. The molecular formula is C18H16BrNO3S. The number of carbonyl (C=O) groups is 1. The van der Waals surface area contributed by atoms with Gasteiger partial charge in [-0.2, -0.15) is 0 Å². The number of halogens is 1. The van der Waals surface area contributed by atoms with E-state index in [-0.39, 0.29) is 18.1 Å². The van der Waals surface area contributed by atoms with E-state index in [1.54, 1.807) is 30.3 Å². The third-order valence-corrected chi connectivity index (χ3v) is 6.24. The highest BCUT2D eigenvalue weighted by Gasteiger charge is 2.31. The van der Waals surface area contributed by atoms with E-state index in [1.807, 2.05) is 30.3 Å². The van der Waals surface area contributed by atoms with Crippen molar-refractivity contribution in [1.29, 1.82) is 0 Å². The van der Waals surface area contributed by atoms with Crippen LogP contribution in [0.3, 0.4) is 0 Å². The maximum Gasteiger partial charge on any atom is 0.245 e. The third-order valence-electron chi connectivity index (χ3n) is 3.89. The van der Waals surface area contributed by atoms with Crippen LogP contribution in [0.5, 0.6) is 0 Å². The number of hydrogen-bond acceptors (Lipinski definition) is 3. The Bertz CT molecular complexity index is 878. The number of allylic oxidation sites excluding steroid dienone is 1. The van der Waals surface area contributed by atoms with Crippen LogP contribution < -0.4 is 0 Å². The summed E-state index contributed by atoms with van der Waals surface area (Å²) in [5.74, 6) is -0.727. The summed E-state index contributed by atoms with van der Waals surface area (Å²) in [4.78, 5) is 12.4. The molecule has 4 nitrogen and oxygen atoms in total. The molecule has 0 saturated carbocycles. The maximum atomic E-state index is 12.5. The molecule has 0 bridgehead atoms. The third kappa shape index (κ3) is 3.60. The topological polar surface area (TPSA) is 54.5 Å². The molecule has 1 aliphatic heterocycles. The molecular weight excluding hydrogens is 390 g/mol. The Hall–Kier alpha value is -1.92. The molecule has 24 heavy (non-hydrogen) atoms. The Morgan fingerprint density at radius 1 is 1.04 bits per heavy atom. The molecule has 1 unspecified atom stereocenters. The standard InChI is InChI=1S/C18H16BrNO3S/c19-17-9-5-4-8-16(17)15-10-11-20(18(21)12-15)24(22,23)13-14-6-2-1-3-7-14/h1-11,15H,12-13H2. The highest BCUT2D eigenvalue weighted by molar-refractivity contribution is 9.10. The molecule has 1 atom stereocenters. The Balaban J connectivity index is 1.83. The van der Waals surface area contributed by atoms with Crippen molar-refractivity contribution in [3.8, 4) is 0 Å². The fourth-order valence-corrected chi connectivity index (χ4v) is 4.68. The second-order valence-corrected chi connectivity index (χ2v) is 8.31. The van der Waals surface area contributed by atoms with Gasteiger partial charge in [-0.3, -0.25) is 4.79 Å². The molecule has 6 heteroatoms. The quantitative estimate of drug-likeness (QED) is 0.776. The first-order valence-electron chi connectivity index (χ1n) is 7.49. The van der Waals surface area contributed by atoms with Gasteiger partial charge in [0.2, 0.25) is 15.9 Å². The van der Waals surface area contributed by atoms with E-state index >= 15 is 0 Å². The lowest BCUT2D eigenvalue weighted by Gasteiger charge is -2.26. The summed E-state index contributed by atoms with van der Waals surface area (Å²) >= 11 is 3.47. The zero-order valence-corrected chi connectivity index (χ0v) is 15.2. The first-order chi connectivity index (χ1) is 11.5. The lowest BCUT2D eigenvalue weighted by atomic mass is 9.94. The van der Waals surface area contributed by atoms with Crippen LogP contribution in [-0.2, 0) is 20.6 Å². The van der Waals surface area contributed by atoms with Gasteiger partial charge in [-0.05, 0) is 17.2 Å². The average molecular weight is 406 g/mol. The molecule has 0 aromatic heterocycles. The van der Waals surface area contributed by atoms with E-state index in [9.17, 15) is 13.2 Å². The van der Waals surface area contributed by atoms with Crippen molar-refractivity contribution in [2.45, 2.75) is 18.1 Å². The number of amides is 1. The molecule has 3 rings (SSSR count). The van der Waals surface area contributed by atoms with E-state index < -0.39 is 15.9 Å². The van der Waals surface area contributed by atoms with Crippen LogP contribution in [0.15, 0.2) is 71.3 Å². The number of benzene rings is 2. The predicted octanol–water partition coefficient (Wildman–Crippen LogP) is 3.81. The highest BCUT2D eigenvalue weighted by Crippen LogP contribution is 2.32. The van der Waals surface area contributed by atoms with Crippen LogP contribution in [0.2, 0.25) is 0 Å². The fourth-order valence-electron chi connectivity index (χ4n) is 2.70. The Labute approximate surface area is 150 Å². The fraction of sp³-hybridized carbons (Fsp3) is 0.167. The molecule has 1 amide bonds. The zero-order chi connectivity index (χ0) is 17.2. The highest BCUT2D eigenvalue weighted by atomic mass is 79.9. The summed E-state index contributed by atoms with van der Waals surface area (Å²) in [6.07, 6.45) is 3.28. The van der Waals surface area contributed by atoms with Crippen LogP contribution in [0, 0.1) is 0 Å². The summed E-state index contributed by atoms with van der Waals surface area (Å²) in [7, 11) is -3.72. The van der Waals surface area contributed by atoms with Gasteiger partial charge in [0.15, 0.2) is 0 Å². The van der Waals surface area contributed by atoms with Gasteiger partial charge in [-0.1, -0.05) is 70.5 Å². The SMILES string of the molecule is O=C1CC(c2ccccc2Br)C=CN1S(=O)(=O)Cc1ccccc1. The lowest BCUT2D eigenvalue weighted by Crippen LogP contribution is -2.36. The molecule has 0 radical (unpaired) electrons. The Kier molecular flexibility index (Phi) is 4.87. The lowest BCUT2D eigenvalue weighted by molar-refractivity contribution is -0.125. The average Bonchev–Trinajstić information content (AvgIpc) is 2.55. The Morgan fingerprint density at radius 2 is 1.71 bits per heavy atom. The van der Waals surface area contributed by atoms with Crippen molar-refractivity contribution >= 4 is 31.9 Å². The van der Waals surface area contributed by atoms with Crippen LogP contribution >= 0.6 is 15.9 Å². The smallest absolute Gasteiger partial charge is 0.245 e. The molecule has 1 aliphatic rings. The van der Waals surface area contributed by atoms with Gasteiger partial charge in [0.25, 0.3) is 0 Å². The summed E-state index contributed by atoms with van der Waals surface area (Å²) < 4.78 is 26.8. The minimum Gasteiger partial charge on any atom is -0.273 e. The summed E-state index contributed by atoms with van der Waals surface area (Å²) in [5.41, 5.74) is 1.63. The van der Waals surface area contributed by atoms with E-state index in [2.05, 4.69) is 15.9 Å². The van der Waals surface area contributed by atoms with E-state index in [4.69, 9.17) is 0 Å². The molecule has 2 aromatic carbocycles. The van der Waals surface area contributed by atoms with Crippen molar-refractivity contribution < 1.29 is 13.2 Å². The number of rotatable bonds is 4. The van der Waals surface area contributed by atoms with Crippen LogP contribution in [0.4, 0.5) is 0 Å². The van der Waals surface area contributed by atoms with Gasteiger partial charge in [0.1, 0.15) is 0 Å². The van der Waals surface area contributed by atoms with Gasteiger partial charge >= 0.3 is 0 Å². The molecule has 0 saturated heterocycles. The number of carbonyl (C=O) groups excluding carboxylic acids is 1. The molecule has 0 spiro atoms. The van der Waals surface area contributed by atoms with E-state index in [1.165, 1.54) is 6.20 Å². The van der Waals surface area contributed by atoms with Gasteiger partial charge in [0, 0.05) is 23.0 Å². The van der Waals surface area contributed by atoms with Crippen molar-refractivity contribution in [2.24, 2.45) is 0 Å². The largest absolute Gasteiger partial charge is 0.273 e. The monoisotopic (exact) mass is 405 g/mol. The van der Waals surface area contributed by atoms with Gasteiger partial charge in [-0.15, -0.1) is 0 Å². The molecule has 124 valence electrons. The Morgan fingerprint density at radius 3 is 2.38 bits per heavy atom. The second kappa shape index (κ2) is 6.91. The van der Waals surface area contributed by atoms with Crippen molar-refractivity contribution in [3.05, 3.63) is 82.5 Å². The molecule has 0 fully saturated rings. The van der Waals surface area contributed by atoms with Gasteiger partial charge in [-0.25, -0.2) is 12.7 Å². The van der Waals surface area contributed by atoms with Crippen molar-refractivity contribution in [2.75, 3.05) is 0 Å². The van der Waals surface area contributed by atoms with Gasteiger partial charge < -0.3 is 0 Å². The molecule has 1 heterocycles. The van der Waals surface area contributed by atoms with Gasteiger partial charge in [0.05, 0.1) is 5.75 Å². The van der Waals surface area contributed by atoms with Crippen LogP contribution in [0.25, 0.3) is 0 Å². The summed E-state index contributed by atoms with van der Waals surface area (Å²) in [5, 5.41) is 0. The normalized spacial score (nSPS) is 18.0. The molecule has 0 N–H and O–H groups in total. The van der Waals surface area contributed by atoms with Crippen LogP contribution in [0.1, 0.15) is 23.5 Å². The summed E-state index contributed by atoms with van der Waals surface area (Å²) in [6.45, 7) is 0. The first-order valence-corrected chi connectivity index (χ1v) is 9.89. The second-order valence-electron chi connectivity index (χ2n) is 5.61. The van der Waals surface area contributed by atoms with Crippen molar-refractivity contribution in [3.63, 3.8) is 0 Å².